The zero-order valence-corrected chi connectivity index (χ0v) is 17.2. The number of para-hydroxylation sites is 1. The minimum Gasteiger partial charge on any atom is -0.451 e. The molecule has 0 amide bonds. The van der Waals surface area contributed by atoms with Gasteiger partial charge in [0.1, 0.15) is 0 Å². The van der Waals surface area contributed by atoms with Crippen LogP contribution in [0.2, 0.25) is 0 Å². The smallest absolute Gasteiger partial charge is 0.338 e. The number of H-pyrrole nitrogens is 1. The fourth-order valence-corrected chi connectivity index (χ4v) is 4.16. The third-order valence-corrected chi connectivity index (χ3v) is 6.09. The van der Waals surface area contributed by atoms with E-state index in [2.05, 4.69) is 9.71 Å². The third kappa shape index (κ3) is 4.23. The molecule has 3 aromatic rings. The summed E-state index contributed by atoms with van der Waals surface area (Å²) in [4.78, 5) is 28.5. The fraction of sp³-hybridized carbons (Fsp3) is 0.238. The van der Waals surface area contributed by atoms with Gasteiger partial charge in [0.25, 0.3) is 0 Å². The normalized spacial score (nSPS) is 12.7. The molecule has 0 radical (unpaired) electrons. The maximum atomic E-state index is 12.9. The number of aromatic nitrogens is 1. The van der Waals surface area contributed by atoms with Gasteiger partial charge >= 0.3 is 5.97 Å². The maximum Gasteiger partial charge on any atom is 0.338 e. The van der Waals surface area contributed by atoms with E-state index in [4.69, 9.17) is 4.74 Å². The van der Waals surface area contributed by atoms with Gasteiger partial charge in [0.05, 0.1) is 10.5 Å². The second-order valence-electron chi connectivity index (χ2n) is 6.61. The van der Waals surface area contributed by atoms with E-state index in [0.717, 1.165) is 10.9 Å². The average Bonchev–Trinajstić information content (AvgIpc) is 3.03. The van der Waals surface area contributed by atoms with Crippen LogP contribution >= 0.6 is 0 Å². The van der Waals surface area contributed by atoms with Gasteiger partial charge in [0.15, 0.2) is 6.10 Å². The van der Waals surface area contributed by atoms with Gasteiger partial charge in [-0.3, -0.25) is 4.79 Å². The van der Waals surface area contributed by atoms with Crippen molar-refractivity contribution in [2.45, 2.75) is 31.8 Å². The molecule has 0 aliphatic carbocycles. The molecule has 0 spiro atoms. The molecular weight excluding hydrogens is 392 g/mol. The Hall–Kier alpha value is -2.97. The summed E-state index contributed by atoms with van der Waals surface area (Å²) in [7, 11) is -3.60. The van der Waals surface area contributed by atoms with Crippen molar-refractivity contribution in [3.8, 4) is 0 Å². The molecule has 0 aliphatic rings. The van der Waals surface area contributed by atoms with E-state index in [0.29, 0.717) is 11.3 Å². The van der Waals surface area contributed by atoms with Crippen LogP contribution in [-0.2, 0) is 14.8 Å². The van der Waals surface area contributed by atoms with Gasteiger partial charge < -0.3 is 9.72 Å². The van der Waals surface area contributed by atoms with Gasteiger partial charge in [0.2, 0.25) is 15.8 Å². The number of esters is 1. The summed E-state index contributed by atoms with van der Waals surface area (Å²) < 4.78 is 31.7. The Bertz CT molecular complexity index is 1160. The lowest BCUT2D eigenvalue weighted by Crippen LogP contribution is -2.25. The lowest BCUT2D eigenvalue weighted by atomic mass is 10.0. The van der Waals surface area contributed by atoms with Crippen molar-refractivity contribution in [2.24, 2.45) is 0 Å². The number of ether oxygens (including phenoxy) is 1. The van der Waals surface area contributed by atoms with E-state index < -0.39 is 22.1 Å². The predicted molar refractivity (Wildman–Crippen MR) is 110 cm³/mol. The Kier molecular flexibility index (Phi) is 5.86. The summed E-state index contributed by atoms with van der Waals surface area (Å²) in [6.45, 7) is 5.26. The molecule has 7 nitrogen and oxygen atoms in total. The van der Waals surface area contributed by atoms with E-state index in [1.165, 1.54) is 31.2 Å². The number of fused-ring (bicyclic) bond motifs is 1. The third-order valence-electron chi connectivity index (χ3n) is 4.53. The monoisotopic (exact) mass is 414 g/mol. The highest BCUT2D eigenvalue weighted by Gasteiger charge is 2.25. The van der Waals surface area contributed by atoms with Gasteiger partial charge in [-0.05, 0) is 44.2 Å². The Balaban J connectivity index is 1.76. The molecule has 1 atom stereocenters. The van der Waals surface area contributed by atoms with Crippen LogP contribution in [0.5, 0.6) is 0 Å². The van der Waals surface area contributed by atoms with Crippen molar-refractivity contribution in [2.75, 3.05) is 6.54 Å². The first kappa shape index (κ1) is 20.8. The Labute approximate surface area is 169 Å². The molecule has 1 aromatic heterocycles. The van der Waals surface area contributed by atoms with Gasteiger partial charge in [0, 0.05) is 28.7 Å². The van der Waals surface area contributed by atoms with E-state index in [1.54, 1.807) is 13.8 Å². The molecule has 2 aromatic carbocycles. The van der Waals surface area contributed by atoms with Crippen LogP contribution < -0.4 is 4.72 Å². The van der Waals surface area contributed by atoms with E-state index >= 15 is 0 Å². The van der Waals surface area contributed by atoms with Crippen molar-refractivity contribution < 1.29 is 22.7 Å². The van der Waals surface area contributed by atoms with E-state index in [9.17, 15) is 18.0 Å². The average molecular weight is 414 g/mol. The number of hydrogen-bond acceptors (Lipinski definition) is 5. The molecule has 1 heterocycles. The van der Waals surface area contributed by atoms with Crippen LogP contribution in [0.25, 0.3) is 10.9 Å². The van der Waals surface area contributed by atoms with Crippen LogP contribution in [0.3, 0.4) is 0 Å². The van der Waals surface area contributed by atoms with Gasteiger partial charge in [-0.25, -0.2) is 17.9 Å². The van der Waals surface area contributed by atoms with Crippen LogP contribution in [-0.4, -0.2) is 37.8 Å². The number of Topliss-reactive ketones (excluding diaryl/α,β-unsaturated/α-hetero) is 1. The molecule has 29 heavy (non-hydrogen) atoms. The standard InChI is InChI=1S/C21H22N2O5S/c1-4-22-29(26,27)16-11-9-15(10-12-16)21(25)28-14(3)20(24)19-13(2)23-18-8-6-5-7-17(18)19/h5-12,14,22-23H,4H2,1-3H3/t14-/m0/s1. The Morgan fingerprint density at radius 2 is 1.76 bits per heavy atom. The second-order valence-corrected chi connectivity index (χ2v) is 8.38. The maximum absolute atomic E-state index is 12.9. The number of nitrogens with one attached hydrogen (secondary N) is 2. The van der Waals surface area contributed by atoms with Crippen LogP contribution in [0.15, 0.2) is 53.4 Å². The summed E-state index contributed by atoms with van der Waals surface area (Å²) in [5, 5.41) is 0.774. The summed E-state index contributed by atoms with van der Waals surface area (Å²) in [5.74, 6) is -1.00. The molecule has 0 aliphatic heterocycles. The van der Waals surface area contributed by atoms with E-state index in [-0.39, 0.29) is 22.8 Å². The summed E-state index contributed by atoms with van der Waals surface area (Å²) in [6.07, 6.45) is -0.995. The number of carbonyl (C=O) groups excluding carboxylic acids is 2. The van der Waals surface area contributed by atoms with Crippen molar-refractivity contribution in [3.63, 3.8) is 0 Å². The minimum absolute atomic E-state index is 0.0504. The van der Waals surface area contributed by atoms with Crippen LogP contribution in [0.4, 0.5) is 0 Å². The predicted octanol–water partition coefficient (Wildman–Crippen LogP) is 3.20. The molecule has 3 rings (SSSR count). The molecule has 0 unspecified atom stereocenters. The van der Waals surface area contributed by atoms with Crippen LogP contribution in [0, 0.1) is 6.92 Å². The van der Waals surface area contributed by atoms with E-state index in [1.807, 2.05) is 24.3 Å². The van der Waals surface area contributed by atoms with Crippen molar-refractivity contribution >= 4 is 32.7 Å². The second kappa shape index (κ2) is 8.18. The number of aryl methyl sites for hydroxylation is 1. The lowest BCUT2D eigenvalue weighted by Gasteiger charge is -2.13. The highest BCUT2D eigenvalue weighted by molar-refractivity contribution is 7.89. The van der Waals surface area contributed by atoms with Gasteiger partial charge in [-0.2, -0.15) is 0 Å². The SMILES string of the molecule is CCNS(=O)(=O)c1ccc(C(=O)O[C@@H](C)C(=O)c2c(C)[nH]c3ccccc23)cc1. The number of benzene rings is 2. The summed E-state index contributed by atoms with van der Waals surface area (Å²) >= 11 is 0. The molecule has 0 saturated carbocycles. The molecule has 152 valence electrons. The lowest BCUT2D eigenvalue weighted by molar-refractivity contribution is 0.0319. The van der Waals surface area contributed by atoms with Gasteiger partial charge in [-0.1, -0.05) is 25.1 Å². The molecular formula is C21H22N2O5S. The highest BCUT2D eigenvalue weighted by atomic mass is 32.2. The van der Waals surface area contributed by atoms with Gasteiger partial charge in [-0.15, -0.1) is 0 Å². The first-order valence-electron chi connectivity index (χ1n) is 9.17. The topological polar surface area (TPSA) is 105 Å². The largest absolute Gasteiger partial charge is 0.451 e. The van der Waals surface area contributed by atoms with Crippen molar-refractivity contribution in [3.05, 3.63) is 65.4 Å². The fourth-order valence-electron chi connectivity index (χ4n) is 3.12. The van der Waals surface area contributed by atoms with Crippen LogP contribution in [0.1, 0.15) is 40.3 Å². The molecule has 0 bridgehead atoms. The zero-order chi connectivity index (χ0) is 21.2. The molecule has 8 heteroatoms. The minimum atomic E-state index is -3.60. The number of aromatic amines is 1. The number of carbonyl (C=O) groups is 2. The summed E-state index contributed by atoms with van der Waals surface area (Å²) in [5.41, 5.74) is 2.20. The quantitative estimate of drug-likeness (QED) is 0.456. The summed E-state index contributed by atoms with van der Waals surface area (Å²) in [6, 6.07) is 12.8. The Morgan fingerprint density at radius 1 is 1.10 bits per heavy atom. The first-order valence-corrected chi connectivity index (χ1v) is 10.6. The first-order chi connectivity index (χ1) is 13.7. The molecule has 2 N–H and O–H groups in total. The number of ketones is 1. The molecule has 0 saturated heterocycles. The Morgan fingerprint density at radius 3 is 2.41 bits per heavy atom. The zero-order valence-electron chi connectivity index (χ0n) is 16.4. The highest BCUT2D eigenvalue weighted by Crippen LogP contribution is 2.24. The van der Waals surface area contributed by atoms with Crippen molar-refractivity contribution in [1.82, 2.24) is 9.71 Å². The van der Waals surface area contributed by atoms with Crippen molar-refractivity contribution in [1.29, 1.82) is 0 Å². The number of rotatable bonds is 7. The number of sulfonamides is 1. The number of hydrogen-bond donors (Lipinski definition) is 2. The molecule has 0 fully saturated rings.